The number of H-pyrrole nitrogens is 1. The number of nitrogens with one attached hydrogen (secondary N) is 2. The van der Waals surface area contributed by atoms with E-state index in [9.17, 15) is 14.0 Å². The number of carbonyl (C=O) groups is 1. The molecule has 4 nitrogen and oxygen atoms in total. The van der Waals surface area contributed by atoms with E-state index in [1.165, 1.54) is 24.3 Å². The molecule has 120 valence electrons. The van der Waals surface area contributed by atoms with Crippen LogP contribution in [0, 0.1) is 5.82 Å². The highest BCUT2D eigenvalue weighted by Crippen LogP contribution is 2.10. The van der Waals surface area contributed by atoms with Crippen molar-refractivity contribution in [2.24, 2.45) is 0 Å². The standard InChI is InChI=1S/C19H15FN2O2/c20-16-8-5-13(6-9-16)12-21-18(23)10-7-15-11-14-3-1-2-4-17(14)22-19(15)24/h1-11H,12H2,(H,21,23)(H,22,24)/b10-7+. The van der Waals surface area contributed by atoms with Crippen molar-refractivity contribution in [2.75, 3.05) is 0 Å². The SMILES string of the molecule is O=C(/C=C/c1cc2ccccc2[nH]c1=O)NCc1ccc(F)cc1. The molecule has 0 aliphatic carbocycles. The van der Waals surface area contributed by atoms with Crippen LogP contribution in [0.1, 0.15) is 11.1 Å². The van der Waals surface area contributed by atoms with E-state index in [-0.39, 0.29) is 23.8 Å². The van der Waals surface area contributed by atoms with Gasteiger partial charge in [0.1, 0.15) is 5.82 Å². The number of aromatic amines is 1. The first-order valence-electron chi connectivity index (χ1n) is 7.44. The predicted octanol–water partition coefficient (Wildman–Crippen LogP) is 3.00. The molecule has 0 radical (unpaired) electrons. The fraction of sp³-hybridized carbons (Fsp3) is 0.0526. The predicted molar refractivity (Wildman–Crippen MR) is 91.8 cm³/mol. The summed E-state index contributed by atoms with van der Waals surface area (Å²) in [4.78, 5) is 26.6. The lowest BCUT2D eigenvalue weighted by molar-refractivity contribution is -0.116. The molecule has 1 aromatic heterocycles. The summed E-state index contributed by atoms with van der Waals surface area (Å²) in [5, 5.41) is 3.58. The van der Waals surface area contributed by atoms with Gasteiger partial charge in [0, 0.05) is 23.7 Å². The first-order valence-corrected chi connectivity index (χ1v) is 7.44. The Morgan fingerprint density at radius 1 is 1.12 bits per heavy atom. The molecule has 0 unspecified atom stereocenters. The summed E-state index contributed by atoms with van der Waals surface area (Å²) in [6.07, 6.45) is 2.79. The van der Waals surface area contributed by atoms with Crippen LogP contribution in [0.25, 0.3) is 17.0 Å². The van der Waals surface area contributed by atoms with E-state index >= 15 is 0 Å². The Balaban J connectivity index is 1.68. The first-order chi connectivity index (χ1) is 11.6. The van der Waals surface area contributed by atoms with Crippen molar-refractivity contribution >= 4 is 22.9 Å². The highest BCUT2D eigenvalue weighted by Gasteiger charge is 2.01. The van der Waals surface area contributed by atoms with Gasteiger partial charge in [-0.3, -0.25) is 9.59 Å². The molecule has 0 aliphatic rings. The topological polar surface area (TPSA) is 62.0 Å². The molecule has 0 saturated heterocycles. The van der Waals surface area contributed by atoms with Gasteiger partial charge in [-0.1, -0.05) is 30.3 Å². The average Bonchev–Trinajstić information content (AvgIpc) is 2.59. The largest absolute Gasteiger partial charge is 0.348 e. The highest BCUT2D eigenvalue weighted by atomic mass is 19.1. The lowest BCUT2D eigenvalue weighted by Crippen LogP contribution is -2.20. The summed E-state index contributed by atoms with van der Waals surface area (Å²) < 4.78 is 12.8. The van der Waals surface area contributed by atoms with Crippen molar-refractivity contribution in [1.29, 1.82) is 0 Å². The normalized spacial score (nSPS) is 11.0. The Hall–Kier alpha value is -3.21. The molecule has 2 N–H and O–H groups in total. The number of pyridine rings is 1. The van der Waals surface area contributed by atoms with Crippen LogP contribution in [0.4, 0.5) is 4.39 Å². The minimum absolute atomic E-state index is 0.253. The van der Waals surface area contributed by atoms with E-state index in [0.29, 0.717) is 5.56 Å². The van der Waals surface area contributed by atoms with Gasteiger partial charge in [0.05, 0.1) is 0 Å². The van der Waals surface area contributed by atoms with Crippen LogP contribution < -0.4 is 10.9 Å². The Labute approximate surface area is 137 Å². The van der Waals surface area contributed by atoms with Gasteiger partial charge in [-0.15, -0.1) is 0 Å². The maximum atomic E-state index is 12.8. The van der Waals surface area contributed by atoms with Crippen molar-refractivity contribution in [1.82, 2.24) is 10.3 Å². The van der Waals surface area contributed by atoms with Crippen molar-refractivity contribution in [2.45, 2.75) is 6.54 Å². The molecule has 2 aromatic carbocycles. The second-order valence-corrected chi connectivity index (χ2v) is 5.32. The molecule has 0 bridgehead atoms. The van der Waals surface area contributed by atoms with Crippen LogP contribution in [-0.2, 0) is 11.3 Å². The third kappa shape index (κ3) is 3.76. The smallest absolute Gasteiger partial charge is 0.255 e. The maximum absolute atomic E-state index is 12.8. The van der Waals surface area contributed by atoms with Gasteiger partial charge >= 0.3 is 0 Å². The second-order valence-electron chi connectivity index (χ2n) is 5.32. The van der Waals surface area contributed by atoms with E-state index in [1.807, 2.05) is 24.3 Å². The molecule has 1 amide bonds. The van der Waals surface area contributed by atoms with Crippen LogP contribution in [0.3, 0.4) is 0 Å². The zero-order chi connectivity index (χ0) is 16.9. The van der Waals surface area contributed by atoms with E-state index in [4.69, 9.17) is 0 Å². The van der Waals surface area contributed by atoms with Gasteiger partial charge in [0.15, 0.2) is 0 Å². The first kappa shape index (κ1) is 15.7. The van der Waals surface area contributed by atoms with Crippen LogP contribution in [0.5, 0.6) is 0 Å². The third-order valence-corrected chi connectivity index (χ3v) is 3.58. The zero-order valence-corrected chi connectivity index (χ0v) is 12.8. The lowest BCUT2D eigenvalue weighted by Gasteiger charge is -2.02. The molecule has 3 rings (SSSR count). The zero-order valence-electron chi connectivity index (χ0n) is 12.8. The molecule has 5 heteroatoms. The van der Waals surface area contributed by atoms with Crippen LogP contribution in [-0.4, -0.2) is 10.9 Å². The quantitative estimate of drug-likeness (QED) is 0.725. The molecular weight excluding hydrogens is 307 g/mol. The number of benzene rings is 2. The number of carbonyl (C=O) groups excluding carboxylic acids is 1. The van der Waals surface area contributed by atoms with Gasteiger partial charge in [-0.2, -0.15) is 0 Å². The molecule has 0 atom stereocenters. The molecule has 24 heavy (non-hydrogen) atoms. The molecule has 1 heterocycles. The molecule has 3 aromatic rings. The summed E-state index contributed by atoms with van der Waals surface area (Å²) in [7, 11) is 0. The fourth-order valence-corrected chi connectivity index (χ4v) is 2.30. The summed E-state index contributed by atoms with van der Waals surface area (Å²) in [5.41, 5.74) is 1.70. The maximum Gasteiger partial charge on any atom is 0.255 e. The van der Waals surface area contributed by atoms with Gasteiger partial charge in [0.25, 0.3) is 5.56 Å². The number of hydrogen-bond acceptors (Lipinski definition) is 2. The van der Waals surface area contributed by atoms with Crippen molar-refractivity contribution < 1.29 is 9.18 Å². The second kappa shape index (κ2) is 6.91. The summed E-state index contributed by atoms with van der Waals surface area (Å²) in [6.45, 7) is 0.289. The van der Waals surface area contributed by atoms with E-state index in [1.54, 1.807) is 18.2 Å². The molecule has 0 spiro atoms. The number of amides is 1. The molecule has 0 aliphatic heterocycles. The van der Waals surface area contributed by atoms with Gasteiger partial charge in [-0.05, 0) is 41.3 Å². The monoisotopic (exact) mass is 322 g/mol. The Morgan fingerprint density at radius 2 is 1.88 bits per heavy atom. The summed E-state index contributed by atoms with van der Waals surface area (Å²) in [5.74, 6) is -0.646. The van der Waals surface area contributed by atoms with Gasteiger partial charge in [-0.25, -0.2) is 4.39 Å². The summed E-state index contributed by atoms with van der Waals surface area (Å²) >= 11 is 0. The fourth-order valence-electron chi connectivity index (χ4n) is 2.30. The molecular formula is C19H15FN2O2. The number of fused-ring (bicyclic) bond motifs is 1. The number of aromatic nitrogens is 1. The number of halogens is 1. The van der Waals surface area contributed by atoms with Crippen LogP contribution in [0.2, 0.25) is 0 Å². The number of hydrogen-bond donors (Lipinski definition) is 2. The molecule has 0 fully saturated rings. The van der Waals surface area contributed by atoms with Crippen LogP contribution >= 0.6 is 0 Å². The van der Waals surface area contributed by atoms with Crippen molar-refractivity contribution in [3.8, 4) is 0 Å². The average molecular weight is 322 g/mol. The summed E-state index contributed by atoms with van der Waals surface area (Å²) in [6, 6.07) is 15.0. The number of para-hydroxylation sites is 1. The van der Waals surface area contributed by atoms with E-state index < -0.39 is 0 Å². The highest BCUT2D eigenvalue weighted by molar-refractivity contribution is 5.92. The van der Waals surface area contributed by atoms with E-state index in [2.05, 4.69) is 10.3 Å². The van der Waals surface area contributed by atoms with Crippen LogP contribution in [0.15, 0.2) is 65.5 Å². The Bertz CT molecular complexity index is 959. The third-order valence-electron chi connectivity index (χ3n) is 3.58. The lowest BCUT2D eigenvalue weighted by atomic mass is 10.1. The minimum Gasteiger partial charge on any atom is -0.348 e. The van der Waals surface area contributed by atoms with Crippen molar-refractivity contribution in [3.05, 3.63) is 88.0 Å². The van der Waals surface area contributed by atoms with Crippen molar-refractivity contribution in [3.63, 3.8) is 0 Å². The Morgan fingerprint density at radius 3 is 2.67 bits per heavy atom. The minimum atomic E-state index is -0.327. The van der Waals surface area contributed by atoms with E-state index in [0.717, 1.165) is 16.5 Å². The van der Waals surface area contributed by atoms with Gasteiger partial charge < -0.3 is 10.3 Å². The number of rotatable bonds is 4. The van der Waals surface area contributed by atoms with Gasteiger partial charge in [0.2, 0.25) is 5.91 Å². The Kier molecular flexibility index (Phi) is 4.52. The molecule has 0 saturated carbocycles.